The Morgan fingerprint density at radius 3 is 2.48 bits per heavy atom. The molecule has 33 heavy (non-hydrogen) atoms. The molecule has 0 N–H and O–H groups in total. The fraction of sp³-hybridized carbons (Fsp3) is 0.609. The Labute approximate surface area is 199 Å². The smallest absolute Gasteiger partial charge is 0.243 e. The van der Waals surface area contributed by atoms with Gasteiger partial charge in [0.1, 0.15) is 5.82 Å². The van der Waals surface area contributed by atoms with Gasteiger partial charge in [0, 0.05) is 38.6 Å². The number of thioether (sulfide) groups is 1. The van der Waals surface area contributed by atoms with Gasteiger partial charge in [0.05, 0.1) is 10.6 Å². The van der Waals surface area contributed by atoms with Gasteiger partial charge in [0.15, 0.2) is 5.16 Å². The lowest BCUT2D eigenvalue weighted by atomic mass is 9.92. The van der Waals surface area contributed by atoms with Crippen molar-refractivity contribution in [1.82, 2.24) is 24.0 Å². The van der Waals surface area contributed by atoms with Crippen molar-refractivity contribution >= 4 is 27.7 Å². The van der Waals surface area contributed by atoms with Gasteiger partial charge >= 0.3 is 0 Å². The summed E-state index contributed by atoms with van der Waals surface area (Å²) in [6, 6.07) is 5.58. The van der Waals surface area contributed by atoms with Crippen LogP contribution in [0.1, 0.15) is 55.5 Å². The maximum absolute atomic E-state index is 13.2. The van der Waals surface area contributed by atoms with Gasteiger partial charge in [0.25, 0.3) is 0 Å². The van der Waals surface area contributed by atoms with Crippen LogP contribution in [0.3, 0.4) is 0 Å². The molecule has 0 atom stereocenters. The minimum atomic E-state index is -3.54. The lowest BCUT2D eigenvalue weighted by molar-refractivity contribution is -0.129. The number of carbonyl (C=O) groups excluding carboxylic acids is 1. The summed E-state index contributed by atoms with van der Waals surface area (Å²) in [6.45, 7) is 4.35. The second-order valence-electron chi connectivity index (χ2n) is 9.07. The van der Waals surface area contributed by atoms with E-state index in [1.807, 2.05) is 12.1 Å². The van der Waals surface area contributed by atoms with Gasteiger partial charge in [-0.2, -0.15) is 4.31 Å². The van der Waals surface area contributed by atoms with Gasteiger partial charge in [-0.1, -0.05) is 17.8 Å². The molecule has 1 saturated heterocycles. The predicted molar refractivity (Wildman–Crippen MR) is 127 cm³/mol. The third-order valence-electron chi connectivity index (χ3n) is 6.88. The molecular formula is C23H31N5O3S2. The number of sulfonamides is 1. The zero-order chi connectivity index (χ0) is 23.0. The molecule has 2 aromatic rings. The van der Waals surface area contributed by atoms with Crippen LogP contribution < -0.4 is 0 Å². The summed E-state index contributed by atoms with van der Waals surface area (Å²) < 4.78 is 30.0. The Morgan fingerprint density at radius 2 is 1.79 bits per heavy atom. The van der Waals surface area contributed by atoms with E-state index in [9.17, 15) is 13.2 Å². The molecule has 2 fully saturated rings. The van der Waals surface area contributed by atoms with Gasteiger partial charge in [-0.3, -0.25) is 4.79 Å². The van der Waals surface area contributed by atoms with E-state index >= 15 is 0 Å². The first-order valence-corrected chi connectivity index (χ1v) is 14.4. The fourth-order valence-corrected chi connectivity index (χ4v) is 7.15. The first-order chi connectivity index (χ1) is 16.0. The molecule has 2 aliphatic carbocycles. The highest BCUT2D eigenvalue weighted by Gasteiger charge is 2.32. The van der Waals surface area contributed by atoms with Crippen LogP contribution >= 0.6 is 11.8 Å². The molecule has 1 amide bonds. The molecule has 0 spiro atoms. The van der Waals surface area contributed by atoms with E-state index < -0.39 is 10.0 Å². The van der Waals surface area contributed by atoms with Crippen molar-refractivity contribution in [3.05, 3.63) is 35.2 Å². The predicted octanol–water partition coefficient (Wildman–Crippen LogP) is 2.68. The van der Waals surface area contributed by atoms with Crippen molar-refractivity contribution in [3.63, 3.8) is 0 Å². The van der Waals surface area contributed by atoms with E-state index in [-0.39, 0.29) is 5.91 Å². The zero-order valence-corrected chi connectivity index (χ0v) is 20.7. The normalized spacial score (nSPS) is 19.5. The van der Waals surface area contributed by atoms with E-state index in [0.717, 1.165) is 42.4 Å². The summed E-state index contributed by atoms with van der Waals surface area (Å²) in [6.07, 6.45) is 6.61. The second kappa shape index (κ2) is 9.38. The number of amides is 1. The third-order valence-corrected chi connectivity index (χ3v) is 9.72. The van der Waals surface area contributed by atoms with Crippen molar-refractivity contribution < 1.29 is 13.2 Å². The number of fused-ring (bicyclic) bond motifs is 1. The Morgan fingerprint density at radius 1 is 1.06 bits per heavy atom. The standard InChI is InChI=1S/C23H31N5O3S2/c1-2-28-22(18-7-8-18)24-25-23(28)32-16-21(29)26-11-13-27(14-12-26)33(30,31)20-10-9-17-5-3-4-6-19(17)15-20/h9-10,15,18H,2-8,11-14,16H2,1H3. The summed E-state index contributed by atoms with van der Waals surface area (Å²) in [5.41, 5.74) is 2.44. The summed E-state index contributed by atoms with van der Waals surface area (Å²) in [7, 11) is -3.54. The number of hydrogen-bond donors (Lipinski definition) is 0. The van der Waals surface area contributed by atoms with E-state index in [1.54, 1.807) is 11.0 Å². The number of benzene rings is 1. The molecule has 1 aromatic heterocycles. The number of aromatic nitrogens is 3. The lowest BCUT2D eigenvalue weighted by Gasteiger charge is -2.34. The summed E-state index contributed by atoms with van der Waals surface area (Å²) in [5.74, 6) is 1.87. The molecule has 0 radical (unpaired) electrons. The number of nitrogens with zero attached hydrogens (tertiary/aromatic N) is 5. The molecule has 178 valence electrons. The van der Waals surface area contributed by atoms with Crippen LogP contribution in [0.4, 0.5) is 0 Å². The number of piperazine rings is 1. The maximum atomic E-state index is 13.2. The van der Waals surface area contributed by atoms with Gasteiger partial charge in [-0.15, -0.1) is 10.2 Å². The highest BCUT2D eigenvalue weighted by Crippen LogP contribution is 2.40. The summed E-state index contributed by atoms with van der Waals surface area (Å²) >= 11 is 1.42. The van der Waals surface area contributed by atoms with Crippen LogP contribution in [0.15, 0.2) is 28.3 Å². The van der Waals surface area contributed by atoms with E-state index in [1.165, 1.54) is 40.9 Å². The zero-order valence-electron chi connectivity index (χ0n) is 19.1. The third kappa shape index (κ3) is 4.70. The maximum Gasteiger partial charge on any atom is 0.243 e. The van der Waals surface area contributed by atoms with Crippen molar-refractivity contribution in [2.75, 3.05) is 31.9 Å². The highest BCUT2D eigenvalue weighted by molar-refractivity contribution is 7.99. The van der Waals surface area contributed by atoms with Gasteiger partial charge in [0.2, 0.25) is 15.9 Å². The summed E-state index contributed by atoms with van der Waals surface area (Å²) in [5, 5.41) is 9.41. The average Bonchev–Trinajstić information content (AvgIpc) is 3.61. The van der Waals surface area contributed by atoms with Crippen molar-refractivity contribution in [2.45, 2.75) is 68.0 Å². The fourth-order valence-electron chi connectivity index (χ4n) is 4.76. The number of rotatable bonds is 7. The first-order valence-electron chi connectivity index (χ1n) is 11.9. The molecule has 1 aliphatic heterocycles. The second-order valence-corrected chi connectivity index (χ2v) is 12.0. The van der Waals surface area contributed by atoms with Gasteiger partial charge in [-0.05, 0) is 68.7 Å². The molecule has 1 aromatic carbocycles. The first kappa shape index (κ1) is 22.9. The monoisotopic (exact) mass is 489 g/mol. The van der Waals surface area contributed by atoms with E-state index in [4.69, 9.17) is 0 Å². The van der Waals surface area contributed by atoms with Crippen molar-refractivity contribution in [2.24, 2.45) is 0 Å². The van der Waals surface area contributed by atoms with Crippen LogP contribution in [0, 0.1) is 0 Å². The minimum absolute atomic E-state index is 0.0180. The molecule has 10 heteroatoms. The quantitative estimate of drug-likeness (QED) is 0.556. The molecule has 1 saturated carbocycles. The number of aryl methyl sites for hydroxylation is 2. The largest absolute Gasteiger partial charge is 0.339 e. The number of hydrogen-bond acceptors (Lipinski definition) is 6. The Kier molecular flexibility index (Phi) is 6.50. The SMILES string of the molecule is CCn1c(SCC(=O)N2CCN(S(=O)(=O)c3ccc4c(c3)CCCC4)CC2)nnc1C1CC1. The Balaban J connectivity index is 1.17. The summed E-state index contributed by atoms with van der Waals surface area (Å²) in [4.78, 5) is 14.9. The van der Waals surface area contributed by atoms with Crippen LogP contribution in [-0.4, -0.2) is 70.2 Å². The van der Waals surface area contributed by atoms with Crippen LogP contribution in [0.5, 0.6) is 0 Å². The molecule has 3 aliphatic rings. The number of carbonyl (C=O) groups is 1. The van der Waals surface area contributed by atoms with Crippen molar-refractivity contribution in [3.8, 4) is 0 Å². The van der Waals surface area contributed by atoms with E-state index in [0.29, 0.717) is 42.7 Å². The highest BCUT2D eigenvalue weighted by atomic mass is 32.2. The van der Waals surface area contributed by atoms with Crippen molar-refractivity contribution in [1.29, 1.82) is 0 Å². The Bertz CT molecular complexity index is 1130. The van der Waals surface area contributed by atoms with Crippen LogP contribution in [0.25, 0.3) is 0 Å². The molecule has 2 heterocycles. The van der Waals surface area contributed by atoms with Crippen LogP contribution in [0.2, 0.25) is 0 Å². The Hall–Kier alpha value is -1.91. The minimum Gasteiger partial charge on any atom is -0.339 e. The molecule has 0 unspecified atom stereocenters. The topological polar surface area (TPSA) is 88.4 Å². The van der Waals surface area contributed by atoms with Gasteiger partial charge < -0.3 is 9.47 Å². The lowest BCUT2D eigenvalue weighted by Crippen LogP contribution is -2.51. The van der Waals surface area contributed by atoms with Gasteiger partial charge in [-0.25, -0.2) is 8.42 Å². The van der Waals surface area contributed by atoms with Crippen LogP contribution in [-0.2, 0) is 34.2 Å². The molecule has 0 bridgehead atoms. The molecule has 8 nitrogen and oxygen atoms in total. The molecule has 5 rings (SSSR count). The average molecular weight is 490 g/mol. The molecular weight excluding hydrogens is 458 g/mol. The van der Waals surface area contributed by atoms with E-state index in [2.05, 4.69) is 21.7 Å².